The summed E-state index contributed by atoms with van der Waals surface area (Å²) in [6.45, 7) is 0.595. The second kappa shape index (κ2) is 6.15. The predicted octanol–water partition coefficient (Wildman–Crippen LogP) is 2.63. The van der Waals surface area contributed by atoms with E-state index in [0.717, 1.165) is 12.8 Å². The topological polar surface area (TPSA) is 63.4 Å². The van der Waals surface area contributed by atoms with Crippen LogP contribution in [0.5, 0.6) is 0 Å². The first kappa shape index (κ1) is 16.0. The highest BCUT2D eigenvalue weighted by molar-refractivity contribution is 7.89. The largest absolute Gasteiger partial charge is 0.329 e. The maximum Gasteiger partial charge on any atom is 0.244 e. The summed E-state index contributed by atoms with van der Waals surface area (Å²) in [6.07, 6.45) is 2.38. The van der Waals surface area contributed by atoms with E-state index in [1.807, 2.05) is 0 Å². The Balaban J connectivity index is 2.47. The molecule has 1 aromatic carbocycles. The molecule has 1 aliphatic rings. The summed E-state index contributed by atoms with van der Waals surface area (Å²) in [4.78, 5) is -0.263. The fourth-order valence-electron chi connectivity index (χ4n) is 2.36. The smallest absolute Gasteiger partial charge is 0.244 e. The van der Waals surface area contributed by atoms with E-state index >= 15 is 0 Å². The highest BCUT2D eigenvalue weighted by Gasteiger charge is 2.34. The molecule has 8 heteroatoms. The van der Waals surface area contributed by atoms with Crippen LogP contribution in [0.3, 0.4) is 0 Å². The van der Waals surface area contributed by atoms with Gasteiger partial charge in [-0.05, 0) is 25.0 Å². The summed E-state index contributed by atoms with van der Waals surface area (Å²) in [6, 6.07) is 2.14. The van der Waals surface area contributed by atoms with Crippen LogP contribution < -0.4 is 5.73 Å². The number of benzene rings is 1. The van der Waals surface area contributed by atoms with Gasteiger partial charge in [0, 0.05) is 19.1 Å². The third-order valence-electron chi connectivity index (χ3n) is 3.43. The third kappa shape index (κ3) is 2.80. The summed E-state index contributed by atoms with van der Waals surface area (Å²) in [7, 11) is -3.87. The molecule has 0 aromatic heterocycles. The second-order valence-electron chi connectivity index (χ2n) is 4.67. The van der Waals surface area contributed by atoms with E-state index in [0.29, 0.717) is 13.0 Å². The molecule has 2 N–H and O–H groups in total. The summed E-state index contributed by atoms with van der Waals surface area (Å²) in [5, 5.41) is -0.679. The highest BCUT2D eigenvalue weighted by atomic mass is 35.5. The molecule has 0 saturated carbocycles. The second-order valence-corrected chi connectivity index (χ2v) is 7.32. The predicted molar refractivity (Wildman–Crippen MR) is 77.0 cm³/mol. The van der Waals surface area contributed by atoms with Crippen molar-refractivity contribution in [3.8, 4) is 0 Å². The van der Waals surface area contributed by atoms with Crippen LogP contribution in [0.15, 0.2) is 17.0 Å². The molecule has 2 rings (SSSR count). The molecule has 4 nitrogen and oxygen atoms in total. The SMILES string of the molecule is NCC1CCCCN1S(=O)(=O)c1ccc(Cl)c(F)c1Cl. The lowest BCUT2D eigenvalue weighted by Crippen LogP contribution is -2.47. The molecule has 1 heterocycles. The van der Waals surface area contributed by atoms with E-state index in [4.69, 9.17) is 28.9 Å². The zero-order valence-electron chi connectivity index (χ0n) is 10.7. The van der Waals surface area contributed by atoms with Crippen molar-refractivity contribution in [3.63, 3.8) is 0 Å². The number of halogens is 3. The molecule has 1 aromatic rings. The fourth-order valence-corrected chi connectivity index (χ4v) is 4.79. The lowest BCUT2D eigenvalue weighted by atomic mass is 10.1. The van der Waals surface area contributed by atoms with Crippen LogP contribution in [0.1, 0.15) is 19.3 Å². The number of hydrogen-bond donors (Lipinski definition) is 1. The number of sulfonamides is 1. The van der Waals surface area contributed by atoms with Gasteiger partial charge in [0.2, 0.25) is 10.0 Å². The van der Waals surface area contributed by atoms with E-state index < -0.39 is 20.9 Å². The maximum absolute atomic E-state index is 13.7. The Bertz CT molecular complexity index is 610. The van der Waals surface area contributed by atoms with Gasteiger partial charge in [-0.15, -0.1) is 0 Å². The molecule has 1 saturated heterocycles. The molecule has 1 atom stereocenters. The molecule has 20 heavy (non-hydrogen) atoms. The molecular weight excluding hydrogens is 326 g/mol. The van der Waals surface area contributed by atoms with Crippen molar-refractivity contribution < 1.29 is 12.8 Å². The van der Waals surface area contributed by atoms with Gasteiger partial charge < -0.3 is 5.73 Å². The quantitative estimate of drug-likeness (QED) is 0.860. The van der Waals surface area contributed by atoms with Gasteiger partial charge in [0.25, 0.3) is 0 Å². The lowest BCUT2D eigenvalue weighted by molar-refractivity contribution is 0.257. The number of nitrogens with two attached hydrogens (primary N) is 1. The lowest BCUT2D eigenvalue weighted by Gasteiger charge is -2.34. The summed E-state index contributed by atoms with van der Waals surface area (Å²) < 4.78 is 40.2. The normalized spacial score (nSPS) is 21.1. The van der Waals surface area contributed by atoms with Crippen molar-refractivity contribution in [1.29, 1.82) is 0 Å². The maximum atomic E-state index is 13.7. The van der Waals surface area contributed by atoms with Gasteiger partial charge in [0.1, 0.15) is 4.90 Å². The van der Waals surface area contributed by atoms with Crippen molar-refractivity contribution in [1.82, 2.24) is 4.31 Å². The Labute approximate surface area is 127 Å². The van der Waals surface area contributed by atoms with E-state index in [-0.39, 0.29) is 22.5 Å². The minimum absolute atomic E-state index is 0.206. The first-order valence-corrected chi connectivity index (χ1v) is 8.44. The molecule has 0 bridgehead atoms. The molecule has 0 radical (unpaired) electrons. The zero-order chi connectivity index (χ0) is 14.9. The van der Waals surface area contributed by atoms with E-state index in [1.54, 1.807) is 0 Å². The van der Waals surface area contributed by atoms with Gasteiger partial charge in [-0.25, -0.2) is 12.8 Å². The van der Waals surface area contributed by atoms with Crippen molar-refractivity contribution in [2.75, 3.05) is 13.1 Å². The number of hydrogen-bond acceptors (Lipinski definition) is 3. The molecular formula is C12H15Cl2FN2O2S. The molecule has 112 valence electrons. The van der Waals surface area contributed by atoms with Gasteiger partial charge in [-0.3, -0.25) is 0 Å². The van der Waals surface area contributed by atoms with Crippen molar-refractivity contribution in [3.05, 3.63) is 28.0 Å². The van der Waals surface area contributed by atoms with Gasteiger partial charge in [-0.1, -0.05) is 29.6 Å². The van der Waals surface area contributed by atoms with Crippen LogP contribution >= 0.6 is 23.2 Å². The van der Waals surface area contributed by atoms with Crippen LogP contribution in [0.2, 0.25) is 10.0 Å². The Kier molecular flexibility index (Phi) is 4.92. The number of piperidine rings is 1. The van der Waals surface area contributed by atoms with Crippen LogP contribution in [-0.4, -0.2) is 31.9 Å². The van der Waals surface area contributed by atoms with Gasteiger partial charge in [0.15, 0.2) is 5.82 Å². The van der Waals surface area contributed by atoms with Gasteiger partial charge in [0.05, 0.1) is 10.0 Å². The Morgan fingerprint density at radius 3 is 2.70 bits per heavy atom. The average molecular weight is 341 g/mol. The highest BCUT2D eigenvalue weighted by Crippen LogP contribution is 2.33. The van der Waals surface area contributed by atoms with E-state index in [9.17, 15) is 12.8 Å². The van der Waals surface area contributed by atoms with Gasteiger partial charge in [-0.2, -0.15) is 4.31 Å². The summed E-state index contributed by atoms with van der Waals surface area (Å²) >= 11 is 11.4. The molecule has 0 amide bonds. The average Bonchev–Trinajstić information content (AvgIpc) is 2.44. The van der Waals surface area contributed by atoms with Crippen LogP contribution in [0, 0.1) is 5.82 Å². The van der Waals surface area contributed by atoms with E-state index in [1.165, 1.54) is 16.4 Å². The first-order chi connectivity index (χ1) is 9.39. The van der Waals surface area contributed by atoms with Crippen LogP contribution in [-0.2, 0) is 10.0 Å². The minimum Gasteiger partial charge on any atom is -0.329 e. The monoisotopic (exact) mass is 340 g/mol. The minimum atomic E-state index is -3.87. The third-order valence-corrected chi connectivity index (χ3v) is 6.20. The van der Waals surface area contributed by atoms with Crippen molar-refractivity contribution >= 4 is 33.2 Å². The first-order valence-electron chi connectivity index (χ1n) is 6.25. The summed E-state index contributed by atoms with van der Waals surface area (Å²) in [5.41, 5.74) is 5.63. The van der Waals surface area contributed by atoms with Crippen LogP contribution in [0.4, 0.5) is 4.39 Å². The number of rotatable bonds is 3. The Morgan fingerprint density at radius 2 is 2.05 bits per heavy atom. The van der Waals surface area contributed by atoms with Crippen LogP contribution in [0.25, 0.3) is 0 Å². The zero-order valence-corrected chi connectivity index (χ0v) is 13.0. The summed E-state index contributed by atoms with van der Waals surface area (Å²) in [5.74, 6) is -0.921. The van der Waals surface area contributed by atoms with Crippen molar-refractivity contribution in [2.24, 2.45) is 5.73 Å². The van der Waals surface area contributed by atoms with Crippen molar-refractivity contribution in [2.45, 2.75) is 30.2 Å². The molecule has 1 aliphatic heterocycles. The Hall–Kier alpha value is -0.400. The molecule has 0 spiro atoms. The fraction of sp³-hybridized carbons (Fsp3) is 0.500. The molecule has 1 unspecified atom stereocenters. The molecule has 0 aliphatic carbocycles. The standard InChI is InChI=1S/C12H15Cl2FN2O2S/c13-9-4-5-10(11(14)12(9)15)20(18,19)17-6-2-1-3-8(17)7-16/h4-5,8H,1-3,6-7,16H2. The Morgan fingerprint density at radius 1 is 1.35 bits per heavy atom. The molecule has 1 fully saturated rings. The number of nitrogens with zero attached hydrogens (tertiary/aromatic N) is 1. The van der Waals surface area contributed by atoms with E-state index in [2.05, 4.69) is 0 Å². The van der Waals surface area contributed by atoms with Gasteiger partial charge >= 0.3 is 0 Å².